The van der Waals surface area contributed by atoms with Crippen LogP contribution in [-0.2, 0) is 15.1 Å². The van der Waals surface area contributed by atoms with Crippen molar-refractivity contribution in [3.05, 3.63) is 22.8 Å². The molecule has 1 N–H and O–H groups in total. The van der Waals surface area contributed by atoms with E-state index >= 15 is 4.39 Å². The number of aromatic amines is 1. The number of H-pyrrole nitrogens is 1. The number of alkyl halides is 2. The molecular formula is C33H34ClF2N7O3S2. The third-order valence-corrected chi connectivity index (χ3v) is 13.4. The summed E-state index contributed by atoms with van der Waals surface area (Å²) in [5.74, 6) is 0.747. The van der Waals surface area contributed by atoms with Gasteiger partial charge in [0.1, 0.15) is 40.4 Å². The Morgan fingerprint density at radius 3 is 2.90 bits per heavy atom. The van der Waals surface area contributed by atoms with Gasteiger partial charge in [-0.1, -0.05) is 11.6 Å². The number of hydrogen-bond donors (Lipinski definition) is 1. The van der Waals surface area contributed by atoms with Gasteiger partial charge in [0.2, 0.25) is 0 Å². The normalized spacial score (nSPS) is 28.7. The number of benzene rings is 1. The Morgan fingerprint density at radius 1 is 1.12 bits per heavy atom. The quantitative estimate of drug-likeness (QED) is 0.204. The van der Waals surface area contributed by atoms with Gasteiger partial charge in [-0.05, 0) is 62.7 Å². The van der Waals surface area contributed by atoms with Crippen LogP contribution in [0.25, 0.3) is 41.8 Å². The molecule has 5 fully saturated rings. The Labute approximate surface area is 287 Å². The van der Waals surface area contributed by atoms with Crippen LogP contribution in [0.15, 0.2) is 12.3 Å². The molecule has 1 aromatic carbocycles. The van der Waals surface area contributed by atoms with Crippen LogP contribution in [-0.4, -0.2) is 99.4 Å². The second-order valence-corrected chi connectivity index (χ2v) is 16.4. The molecular weight excluding hydrogens is 680 g/mol. The van der Waals surface area contributed by atoms with Gasteiger partial charge in [-0.2, -0.15) is 19.4 Å². The van der Waals surface area contributed by atoms with E-state index in [1.807, 2.05) is 0 Å². The van der Waals surface area contributed by atoms with Crippen molar-refractivity contribution >= 4 is 70.8 Å². The molecule has 1 aliphatic carbocycles. The Morgan fingerprint density at radius 2 is 2.04 bits per heavy atom. The zero-order chi connectivity index (χ0) is 32.3. The zero-order valence-electron chi connectivity index (χ0n) is 26.2. The number of halogens is 3. The van der Waals surface area contributed by atoms with E-state index < -0.39 is 17.4 Å². The summed E-state index contributed by atoms with van der Waals surface area (Å²) in [6, 6.07) is 2.03. The first-order valence-corrected chi connectivity index (χ1v) is 18.7. The number of ether oxygens (including phenoxy) is 3. The average Bonchev–Trinajstić information content (AvgIpc) is 3.68. The molecule has 0 unspecified atom stereocenters. The molecule has 0 amide bonds. The lowest BCUT2D eigenvalue weighted by atomic mass is 9.95. The maximum atomic E-state index is 16.0. The molecule has 4 aliphatic heterocycles. The third-order valence-electron chi connectivity index (χ3n) is 11.0. The van der Waals surface area contributed by atoms with Crippen molar-refractivity contribution in [1.82, 2.24) is 29.4 Å². The van der Waals surface area contributed by atoms with Gasteiger partial charge in [-0.25, -0.2) is 8.78 Å². The molecule has 10 nitrogen and oxygen atoms in total. The number of thiophene rings is 1. The van der Waals surface area contributed by atoms with E-state index in [1.54, 1.807) is 12.3 Å². The van der Waals surface area contributed by atoms with Gasteiger partial charge in [-0.3, -0.25) is 10.00 Å². The number of hydrogen-bond acceptors (Lipinski definition) is 11. The number of nitrogens with zero attached hydrogens (tertiary/aromatic N) is 6. The number of rotatable bonds is 6. The Hall–Kier alpha value is -2.75. The standard InChI is InChI=1S/C33H34ClF2N7O3S2/c34-20-11-21-19(13-37-40-21)22(24(20)33(36)5-6-33)25-27-26(48-41-25)23-28(42-8-10-44-17-32(15-42)4-2-9-46-32)38-30(39-29(23)47-27)45-16-31-3-1-7-43(31)14-18(35)12-31/h11,13,18H,1-10,12,14-17H2,(H,37,40)/t18-,31+,32+/m1/s1. The Bertz CT molecular complexity index is 2080. The lowest BCUT2D eigenvalue weighted by Gasteiger charge is -2.32. The van der Waals surface area contributed by atoms with Crippen LogP contribution in [0.2, 0.25) is 5.02 Å². The summed E-state index contributed by atoms with van der Waals surface area (Å²) >= 11 is 9.66. The molecule has 252 valence electrons. The molecule has 5 aromatic rings. The number of aromatic nitrogens is 5. The molecule has 15 heteroatoms. The van der Waals surface area contributed by atoms with Gasteiger partial charge in [-0.15, -0.1) is 11.3 Å². The highest BCUT2D eigenvalue weighted by atomic mass is 35.5. The Kier molecular flexibility index (Phi) is 6.82. The van der Waals surface area contributed by atoms with E-state index in [9.17, 15) is 4.39 Å². The van der Waals surface area contributed by atoms with Crippen molar-refractivity contribution in [2.75, 3.05) is 57.5 Å². The maximum absolute atomic E-state index is 16.0. The topological polar surface area (TPSA) is 102 Å². The van der Waals surface area contributed by atoms with Crippen molar-refractivity contribution in [2.24, 2.45) is 0 Å². The monoisotopic (exact) mass is 713 g/mol. The first-order chi connectivity index (χ1) is 23.3. The van der Waals surface area contributed by atoms with Gasteiger partial charge in [0.05, 0.1) is 51.8 Å². The van der Waals surface area contributed by atoms with E-state index in [0.29, 0.717) is 87.2 Å². The van der Waals surface area contributed by atoms with Crippen molar-refractivity contribution in [3.8, 4) is 17.3 Å². The zero-order valence-corrected chi connectivity index (χ0v) is 28.6. The first-order valence-electron chi connectivity index (χ1n) is 16.8. The second-order valence-electron chi connectivity index (χ2n) is 14.2. The van der Waals surface area contributed by atoms with Crippen LogP contribution in [0.1, 0.15) is 50.5 Å². The van der Waals surface area contributed by atoms with Crippen molar-refractivity contribution in [1.29, 1.82) is 0 Å². The summed E-state index contributed by atoms with van der Waals surface area (Å²) in [6.45, 7) is 4.71. The van der Waals surface area contributed by atoms with Crippen LogP contribution in [0.4, 0.5) is 14.6 Å². The molecule has 0 bridgehead atoms. The van der Waals surface area contributed by atoms with Gasteiger partial charge < -0.3 is 19.1 Å². The van der Waals surface area contributed by atoms with Gasteiger partial charge in [0.15, 0.2) is 0 Å². The molecule has 4 saturated heterocycles. The highest BCUT2D eigenvalue weighted by Crippen LogP contribution is 2.57. The largest absolute Gasteiger partial charge is 0.461 e. The minimum absolute atomic E-state index is 0.275. The van der Waals surface area contributed by atoms with Gasteiger partial charge >= 0.3 is 6.01 Å². The van der Waals surface area contributed by atoms with E-state index in [1.165, 1.54) is 22.9 Å². The van der Waals surface area contributed by atoms with Crippen molar-refractivity contribution in [3.63, 3.8) is 0 Å². The minimum atomic E-state index is -1.50. The molecule has 8 heterocycles. The van der Waals surface area contributed by atoms with E-state index in [2.05, 4.69) is 20.0 Å². The number of nitrogens with one attached hydrogen (secondary N) is 1. The van der Waals surface area contributed by atoms with Gasteiger partial charge in [0.25, 0.3) is 0 Å². The van der Waals surface area contributed by atoms with E-state index in [4.69, 9.17) is 40.2 Å². The lowest BCUT2D eigenvalue weighted by Crippen LogP contribution is -2.44. The fraction of sp³-hybridized carbons (Fsp3) is 0.576. The average molecular weight is 714 g/mol. The van der Waals surface area contributed by atoms with E-state index in [-0.39, 0.29) is 11.5 Å². The molecule has 1 spiro atoms. The van der Waals surface area contributed by atoms with Crippen LogP contribution in [0.3, 0.4) is 0 Å². The summed E-state index contributed by atoms with van der Waals surface area (Å²) in [4.78, 5) is 15.3. The molecule has 3 atom stereocenters. The van der Waals surface area contributed by atoms with Crippen molar-refractivity contribution in [2.45, 2.75) is 67.9 Å². The summed E-state index contributed by atoms with van der Waals surface area (Å²) in [7, 11) is 0. The van der Waals surface area contributed by atoms with Crippen molar-refractivity contribution < 1.29 is 23.0 Å². The summed E-state index contributed by atoms with van der Waals surface area (Å²) in [6.07, 6.45) is 6.01. The summed E-state index contributed by atoms with van der Waals surface area (Å²) < 4.78 is 56.2. The fourth-order valence-corrected chi connectivity index (χ4v) is 11.2. The maximum Gasteiger partial charge on any atom is 0.319 e. The van der Waals surface area contributed by atoms with E-state index in [0.717, 1.165) is 68.6 Å². The highest BCUT2D eigenvalue weighted by molar-refractivity contribution is 7.31. The van der Waals surface area contributed by atoms with Crippen LogP contribution >= 0.6 is 34.5 Å². The first kappa shape index (κ1) is 30.1. The van der Waals surface area contributed by atoms with Crippen LogP contribution < -0.4 is 9.64 Å². The molecule has 1 saturated carbocycles. The Balaban J connectivity index is 1.14. The smallest absolute Gasteiger partial charge is 0.319 e. The lowest BCUT2D eigenvalue weighted by molar-refractivity contribution is -0.0454. The van der Waals surface area contributed by atoms with Gasteiger partial charge in [0, 0.05) is 47.7 Å². The molecule has 10 rings (SSSR count). The molecule has 48 heavy (non-hydrogen) atoms. The molecule has 4 aromatic heterocycles. The number of fused-ring (bicyclic) bond motifs is 5. The predicted octanol–water partition coefficient (Wildman–Crippen LogP) is 6.80. The number of anilines is 1. The second kappa shape index (κ2) is 10.9. The molecule has 0 radical (unpaired) electrons. The molecule has 5 aliphatic rings. The predicted molar refractivity (Wildman–Crippen MR) is 182 cm³/mol. The van der Waals surface area contributed by atoms with Crippen LogP contribution in [0.5, 0.6) is 6.01 Å². The summed E-state index contributed by atoms with van der Waals surface area (Å²) in [5, 5.41) is 9.32. The highest BCUT2D eigenvalue weighted by Gasteiger charge is 2.50. The fourth-order valence-electron chi connectivity index (χ4n) is 8.60. The SMILES string of the molecule is F[C@H]1CN2CCC[C@@]2(COc2nc(N3CCOC[C@]4(CCCO4)C3)c3c(n2)sc2c(-c4c(C5(F)CC5)c(Cl)cc5[nH]ncc45)nsc23)C1. The summed E-state index contributed by atoms with van der Waals surface area (Å²) in [5.41, 5.74) is 0.335. The minimum Gasteiger partial charge on any atom is -0.461 e. The third kappa shape index (κ3) is 4.62. The van der Waals surface area contributed by atoms with Crippen LogP contribution in [0, 0.1) is 0 Å².